The summed E-state index contributed by atoms with van der Waals surface area (Å²) in [5, 5.41) is 4.12. The van der Waals surface area contributed by atoms with Crippen molar-refractivity contribution in [3.63, 3.8) is 0 Å². The van der Waals surface area contributed by atoms with E-state index in [2.05, 4.69) is 22.3 Å². The molecule has 0 radical (unpaired) electrons. The molecule has 0 saturated carbocycles. The van der Waals surface area contributed by atoms with Crippen LogP contribution in [0.3, 0.4) is 0 Å². The van der Waals surface area contributed by atoms with E-state index in [4.69, 9.17) is 31.2 Å². The van der Waals surface area contributed by atoms with Gasteiger partial charge in [-0.05, 0) is 73.4 Å². The van der Waals surface area contributed by atoms with E-state index >= 15 is 0 Å². The summed E-state index contributed by atoms with van der Waals surface area (Å²) in [6.07, 6.45) is 0.924. The Hall–Kier alpha value is -2.67. The zero-order valence-electron chi connectivity index (χ0n) is 16.8. The van der Waals surface area contributed by atoms with Crippen molar-refractivity contribution in [3.05, 3.63) is 47.0 Å². The van der Waals surface area contributed by atoms with E-state index in [0.717, 1.165) is 53.2 Å². The highest BCUT2D eigenvalue weighted by Gasteiger charge is 2.21. The number of thiocarbonyl (C=S) groups is 1. The second-order valence-corrected chi connectivity index (χ2v) is 7.34. The Balaban J connectivity index is 1.40. The van der Waals surface area contributed by atoms with Gasteiger partial charge in [0.25, 0.3) is 0 Å². The predicted molar refractivity (Wildman–Crippen MR) is 115 cm³/mol. The van der Waals surface area contributed by atoms with Gasteiger partial charge in [0.05, 0.1) is 13.2 Å². The first-order valence-corrected chi connectivity index (χ1v) is 10.4. The van der Waals surface area contributed by atoms with Crippen molar-refractivity contribution in [1.29, 1.82) is 0 Å². The summed E-state index contributed by atoms with van der Waals surface area (Å²) < 4.78 is 22.3. The molecule has 154 valence electrons. The molecule has 0 amide bonds. The van der Waals surface area contributed by atoms with E-state index in [1.54, 1.807) is 0 Å². The minimum atomic E-state index is 0.284. The molecule has 7 heteroatoms. The van der Waals surface area contributed by atoms with Gasteiger partial charge in [-0.1, -0.05) is 6.07 Å². The first kappa shape index (κ1) is 19.6. The number of benzene rings is 2. The molecule has 0 aliphatic carbocycles. The molecule has 0 bridgehead atoms. The van der Waals surface area contributed by atoms with Crippen molar-refractivity contribution in [1.82, 2.24) is 10.2 Å². The number of nitrogens with one attached hydrogen (secondary N) is 1. The molecule has 0 aromatic heterocycles. The molecule has 2 aliphatic heterocycles. The van der Waals surface area contributed by atoms with Crippen molar-refractivity contribution in [2.75, 3.05) is 26.6 Å². The maximum atomic E-state index is 5.78. The topological polar surface area (TPSA) is 52.2 Å². The Labute approximate surface area is 176 Å². The highest BCUT2D eigenvalue weighted by molar-refractivity contribution is 7.80. The minimum absolute atomic E-state index is 0.284. The van der Waals surface area contributed by atoms with Gasteiger partial charge >= 0.3 is 0 Å². The normalized spacial score (nSPS) is 14.3. The van der Waals surface area contributed by atoms with Crippen molar-refractivity contribution in [2.45, 2.75) is 33.4 Å². The van der Waals surface area contributed by atoms with E-state index in [-0.39, 0.29) is 6.79 Å². The quantitative estimate of drug-likeness (QED) is 0.724. The average molecular weight is 415 g/mol. The fourth-order valence-electron chi connectivity index (χ4n) is 3.61. The monoisotopic (exact) mass is 414 g/mol. The van der Waals surface area contributed by atoms with Gasteiger partial charge in [-0.3, -0.25) is 0 Å². The lowest BCUT2D eigenvalue weighted by Crippen LogP contribution is -2.42. The van der Waals surface area contributed by atoms with Crippen molar-refractivity contribution < 1.29 is 18.9 Å². The van der Waals surface area contributed by atoms with Crippen LogP contribution >= 0.6 is 12.2 Å². The van der Waals surface area contributed by atoms with Crippen LogP contribution in [0.2, 0.25) is 0 Å². The molecule has 0 spiro atoms. The Morgan fingerprint density at radius 1 is 1.03 bits per heavy atom. The Morgan fingerprint density at radius 3 is 2.52 bits per heavy atom. The van der Waals surface area contributed by atoms with Crippen LogP contribution in [0.15, 0.2) is 30.3 Å². The fourth-order valence-corrected chi connectivity index (χ4v) is 3.84. The van der Waals surface area contributed by atoms with E-state index in [0.29, 0.717) is 19.8 Å². The molecule has 0 unspecified atom stereocenters. The van der Waals surface area contributed by atoms with E-state index < -0.39 is 0 Å². The third-order valence-electron chi connectivity index (χ3n) is 5.05. The summed E-state index contributed by atoms with van der Waals surface area (Å²) >= 11 is 5.66. The summed E-state index contributed by atoms with van der Waals surface area (Å²) in [5.74, 6) is 3.20. The minimum Gasteiger partial charge on any atom is -0.490 e. The van der Waals surface area contributed by atoms with Crippen molar-refractivity contribution >= 4 is 17.3 Å². The number of hydrogen-bond donors (Lipinski definition) is 1. The third-order valence-corrected chi connectivity index (χ3v) is 5.45. The first-order chi connectivity index (χ1) is 14.2. The van der Waals surface area contributed by atoms with Crippen LogP contribution < -0.4 is 24.3 Å². The summed E-state index contributed by atoms with van der Waals surface area (Å²) in [6.45, 7) is 7.77. The lowest BCUT2D eigenvalue weighted by molar-refractivity contribution is 0.174. The van der Waals surface area contributed by atoms with Gasteiger partial charge in [0, 0.05) is 19.6 Å². The molecule has 0 fully saturated rings. The van der Waals surface area contributed by atoms with E-state index in [1.165, 1.54) is 11.1 Å². The number of nitrogens with zero attached hydrogens (tertiary/aromatic N) is 1. The van der Waals surface area contributed by atoms with Gasteiger partial charge < -0.3 is 29.2 Å². The lowest BCUT2D eigenvalue weighted by Gasteiger charge is -2.32. The van der Waals surface area contributed by atoms with Crippen molar-refractivity contribution in [3.8, 4) is 23.0 Å². The van der Waals surface area contributed by atoms with Crippen LogP contribution in [0.4, 0.5) is 0 Å². The zero-order chi connectivity index (χ0) is 20.2. The van der Waals surface area contributed by atoms with Gasteiger partial charge in [-0.15, -0.1) is 0 Å². The molecular weight excluding hydrogens is 388 g/mol. The smallest absolute Gasteiger partial charge is 0.231 e. The Bertz CT molecular complexity index is 903. The molecule has 2 heterocycles. The van der Waals surface area contributed by atoms with E-state index in [1.807, 2.05) is 32.0 Å². The number of ether oxygens (including phenoxy) is 4. The largest absolute Gasteiger partial charge is 0.490 e. The second-order valence-electron chi connectivity index (χ2n) is 6.95. The Kier molecular flexibility index (Phi) is 5.94. The molecule has 2 aromatic carbocycles. The zero-order valence-corrected chi connectivity index (χ0v) is 17.6. The molecule has 2 aliphatic rings. The van der Waals surface area contributed by atoms with Crippen LogP contribution in [-0.4, -0.2) is 36.6 Å². The van der Waals surface area contributed by atoms with Crippen LogP contribution in [0, 0.1) is 0 Å². The molecule has 29 heavy (non-hydrogen) atoms. The molecular formula is C22H26N2O4S. The second kappa shape index (κ2) is 8.78. The van der Waals surface area contributed by atoms with Gasteiger partial charge in [-0.25, -0.2) is 0 Å². The summed E-state index contributed by atoms with van der Waals surface area (Å²) in [5.41, 5.74) is 3.64. The maximum absolute atomic E-state index is 5.78. The van der Waals surface area contributed by atoms with Gasteiger partial charge in [-0.2, -0.15) is 0 Å². The highest BCUT2D eigenvalue weighted by Crippen LogP contribution is 2.34. The SMILES string of the molecule is CCOc1cc2c(cc1OCC)CN(C(=S)NCc1ccc3c(c1)OCO3)CC2. The van der Waals surface area contributed by atoms with Crippen molar-refractivity contribution in [2.24, 2.45) is 0 Å². The Morgan fingerprint density at radius 2 is 1.76 bits per heavy atom. The van der Waals surface area contributed by atoms with Crippen LogP contribution in [0.5, 0.6) is 23.0 Å². The van der Waals surface area contributed by atoms with Gasteiger partial charge in [0.15, 0.2) is 28.1 Å². The number of hydrogen-bond acceptors (Lipinski definition) is 5. The van der Waals surface area contributed by atoms with Crippen LogP contribution in [0.25, 0.3) is 0 Å². The van der Waals surface area contributed by atoms with E-state index in [9.17, 15) is 0 Å². The standard InChI is InChI=1S/C22H26N2O4S/c1-3-25-20-10-16-7-8-24(13-17(16)11-21(20)26-4-2)22(29)23-12-15-5-6-18-19(9-15)28-14-27-18/h5-6,9-11H,3-4,7-8,12-14H2,1-2H3,(H,23,29). The summed E-state index contributed by atoms with van der Waals surface area (Å²) in [4.78, 5) is 2.20. The lowest BCUT2D eigenvalue weighted by atomic mass is 9.99. The summed E-state index contributed by atoms with van der Waals surface area (Å²) in [6, 6.07) is 10.2. The average Bonchev–Trinajstić information content (AvgIpc) is 3.20. The highest BCUT2D eigenvalue weighted by atomic mass is 32.1. The van der Waals surface area contributed by atoms with Gasteiger partial charge in [0.2, 0.25) is 6.79 Å². The number of rotatable bonds is 6. The molecule has 4 rings (SSSR count). The molecule has 2 aromatic rings. The predicted octanol–water partition coefficient (Wildman–Crippen LogP) is 3.65. The fraction of sp³-hybridized carbons (Fsp3) is 0.409. The molecule has 6 nitrogen and oxygen atoms in total. The molecule has 0 saturated heterocycles. The van der Waals surface area contributed by atoms with Crippen LogP contribution in [0.1, 0.15) is 30.5 Å². The molecule has 0 atom stereocenters. The molecule has 1 N–H and O–H groups in total. The van der Waals surface area contributed by atoms with Crippen LogP contribution in [-0.2, 0) is 19.5 Å². The number of fused-ring (bicyclic) bond motifs is 2. The van der Waals surface area contributed by atoms with Gasteiger partial charge in [0.1, 0.15) is 0 Å². The maximum Gasteiger partial charge on any atom is 0.231 e. The summed E-state index contributed by atoms with van der Waals surface area (Å²) in [7, 11) is 0. The first-order valence-electron chi connectivity index (χ1n) is 10.0. The third kappa shape index (κ3) is 4.34.